The Hall–Kier alpha value is -0.830. The van der Waals surface area contributed by atoms with Crippen LogP contribution in [0.3, 0.4) is 0 Å². The third-order valence-electron chi connectivity index (χ3n) is 4.47. The van der Waals surface area contributed by atoms with Crippen molar-refractivity contribution in [2.45, 2.75) is 70.9 Å². The highest BCUT2D eigenvalue weighted by Gasteiger charge is 2.26. The van der Waals surface area contributed by atoms with Gasteiger partial charge in [0, 0.05) is 18.8 Å². The van der Waals surface area contributed by atoms with Crippen molar-refractivity contribution in [2.75, 3.05) is 6.54 Å². The molecule has 2 saturated carbocycles. The normalized spacial score (nSPS) is 21.2. The first-order valence-corrected chi connectivity index (χ1v) is 7.90. The van der Waals surface area contributed by atoms with E-state index in [-0.39, 0.29) is 0 Å². The van der Waals surface area contributed by atoms with Crippen LogP contribution < -0.4 is 5.32 Å². The first-order valence-electron chi connectivity index (χ1n) is 7.90. The maximum atomic E-state index is 4.81. The van der Waals surface area contributed by atoms with E-state index in [1.807, 2.05) is 0 Å². The van der Waals surface area contributed by atoms with E-state index in [0.29, 0.717) is 11.5 Å². The van der Waals surface area contributed by atoms with Crippen molar-refractivity contribution in [3.05, 3.63) is 18.0 Å². The summed E-state index contributed by atoms with van der Waals surface area (Å²) in [5.74, 6) is 0. The average Bonchev–Trinajstić information content (AvgIpc) is 2.85. The van der Waals surface area contributed by atoms with E-state index >= 15 is 0 Å². The van der Waals surface area contributed by atoms with Crippen molar-refractivity contribution < 1.29 is 0 Å². The zero-order valence-electron chi connectivity index (χ0n) is 12.4. The first-order chi connectivity index (χ1) is 9.12. The lowest BCUT2D eigenvalue weighted by Crippen LogP contribution is -2.32. The second-order valence-electron chi connectivity index (χ2n) is 7.22. The van der Waals surface area contributed by atoms with Crippen LogP contribution in [-0.2, 0) is 6.42 Å². The summed E-state index contributed by atoms with van der Waals surface area (Å²) in [7, 11) is 0. The quantitative estimate of drug-likeness (QED) is 0.851. The highest BCUT2D eigenvalue weighted by atomic mass is 15.3. The Morgan fingerprint density at radius 2 is 2.00 bits per heavy atom. The molecule has 0 saturated heterocycles. The van der Waals surface area contributed by atoms with Crippen molar-refractivity contribution in [1.29, 1.82) is 0 Å². The van der Waals surface area contributed by atoms with E-state index in [9.17, 15) is 0 Å². The van der Waals surface area contributed by atoms with Crippen molar-refractivity contribution in [2.24, 2.45) is 5.41 Å². The Morgan fingerprint density at radius 3 is 2.68 bits per heavy atom. The van der Waals surface area contributed by atoms with Gasteiger partial charge in [-0.2, -0.15) is 5.10 Å². The molecule has 0 aliphatic heterocycles. The van der Waals surface area contributed by atoms with Gasteiger partial charge in [0.1, 0.15) is 0 Å². The van der Waals surface area contributed by atoms with Crippen LogP contribution in [0.5, 0.6) is 0 Å². The lowest BCUT2D eigenvalue weighted by Gasteiger charge is -2.24. The van der Waals surface area contributed by atoms with Crippen LogP contribution in [0, 0.1) is 5.41 Å². The zero-order valence-corrected chi connectivity index (χ0v) is 12.4. The summed E-state index contributed by atoms with van der Waals surface area (Å²) in [6, 6.07) is 3.69. The molecule has 0 spiro atoms. The molecule has 1 aromatic heterocycles. The molecule has 0 unspecified atom stereocenters. The molecule has 0 bridgehead atoms. The molecule has 106 valence electrons. The van der Waals surface area contributed by atoms with Crippen molar-refractivity contribution in [1.82, 2.24) is 15.1 Å². The van der Waals surface area contributed by atoms with Gasteiger partial charge in [-0.15, -0.1) is 0 Å². The summed E-state index contributed by atoms with van der Waals surface area (Å²) in [4.78, 5) is 0. The van der Waals surface area contributed by atoms with Crippen LogP contribution in [-0.4, -0.2) is 22.4 Å². The number of nitrogens with one attached hydrogen (secondary N) is 1. The monoisotopic (exact) mass is 261 g/mol. The minimum atomic E-state index is 0.303. The topological polar surface area (TPSA) is 29.9 Å². The molecule has 1 N–H and O–H groups in total. The average molecular weight is 261 g/mol. The lowest BCUT2D eigenvalue weighted by molar-refractivity contribution is 0.331. The lowest BCUT2D eigenvalue weighted by atomic mass is 9.88. The van der Waals surface area contributed by atoms with Gasteiger partial charge in [-0.05, 0) is 43.6 Å². The predicted octanol–water partition coefficient (Wildman–Crippen LogP) is 3.32. The molecule has 0 atom stereocenters. The van der Waals surface area contributed by atoms with Crippen LogP contribution in [0.25, 0.3) is 0 Å². The van der Waals surface area contributed by atoms with Crippen LogP contribution in [0.15, 0.2) is 12.3 Å². The fourth-order valence-corrected chi connectivity index (χ4v) is 3.10. The van der Waals surface area contributed by atoms with Crippen molar-refractivity contribution in [3.63, 3.8) is 0 Å². The SMILES string of the molecule is CC(C)(CNC1CC1)Cc1ccn(C2CCCC2)n1. The number of hydrogen-bond acceptors (Lipinski definition) is 2. The summed E-state index contributed by atoms with van der Waals surface area (Å²) in [6.07, 6.45) is 11.4. The summed E-state index contributed by atoms with van der Waals surface area (Å²) >= 11 is 0. The smallest absolute Gasteiger partial charge is 0.0630 e. The van der Waals surface area contributed by atoms with Gasteiger partial charge in [0.15, 0.2) is 0 Å². The first kappa shape index (κ1) is 13.2. The number of aromatic nitrogens is 2. The summed E-state index contributed by atoms with van der Waals surface area (Å²) in [5.41, 5.74) is 1.56. The van der Waals surface area contributed by atoms with E-state index in [1.165, 1.54) is 44.2 Å². The zero-order chi connectivity index (χ0) is 13.3. The van der Waals surface area contributed by atoms with Gasteiger partial charge in [-0.1, -0.05) is 26.7 Å². The van der Waals surface area contributed by atoms with Crippen LogP contribution in [0.1, 0.15) is 64.1 Å². The van der Waals surface area contributed by atoms with Gasteiger partial charge in [0.05, 0.1) is 11.7 Å². The van der Waals surface area contributed by atoms with Crippen molar-refractivity contribution >= 4 is 0 Å². The van der Waals surface area contributed by atoms with Gasteiger partial charge in [-0.3, -0.25) is 4.68 Å². The minimum Gasteiger partial charge on any atom is -0.313 e. The minimum absolute atomic E-state index is 0.303. The molecule has 2 fully saturated rings. The molecule has 3 nitrogen and oxygen atoms in total. The second kappa shape index (κ2) is 5.28. The third kappa shape index (κ3) is 3.59. The fourth-order valence-electron chi connectivity index (χ4n) is 3.10. The molecular weight excluding hydrogens is 234 g/mol. The van der Waals surface area contributed by atoms with Gasteiger partial charge in [0.25, 0.3) is 0 Å². The third-order valence-corrected chi connectivity index (χ3v) is 4.47. The molecule has 19 heavy (non-hydrogen) atoms. The molecule has 0 amide bonds. The number of hydrogen-bond donors (Lipinski definition) is 1. The van der Waals surface area contributed by atoms with Gasteiger partial charge >= 0.3 is 0 Å². The standard InChI is InChI=1S/C16H27N3/c1-16(2,12-17-13-7-8-13)11-14-9-10-19(18-14)15-5-3-4-6-15/h9-10,13,15,17H,3-8,11-12H2,1-2H3. The highest BCUT2D eigenvalue weighted by Crippen LogP contribution is 2.29. The maximum Gasteiger partial charge on any atom is 0.0630 e. The maximum absolute atomic E-state index is 4.81. The van der Waals surface area contributed by atoms with E-state index in [0.717, 1.165) is 19.0 Å². The van der Waals surface area contributed by atoms with Crippen LogP contribution in [0.4, 0.5) is 0 Å². The Morgan fingerprint density at radius 1 is 1.26 bits per heavy atom. The van der Waals surface area contributed by atoms with Crippen molar-refractivity contribution in [3.8, 4) is 0 Å². The predicted molar refractivity (Wildman–Crippen MR) is 78.2 cm³/mol. The van der Waals surface area contributed by atoms with Gasteiger partial charge < -0.3 is 5.32 Å². The Kier molecular flexibility index (Phi) is 3.66. The molecular formula is C16H27N3. The van der Waals surface area contributed by atoms with E-state index < -0.39 is 0 Å². The molecule has 1 heterocycles. The summed E-state index contributed by atoms with van der Waals surface area (Å²) in [6.45, 7) is 5.79. The fraction of sp³-hybridized carbons (Fsp3) is 0.812. The second-order valence-corrected chi connectivity index (χ2v) is 7.22. The Balaban J connectivity index is 1.55. The highest BCUT2D eigenvalue weighted by molar-refractivity contribution is 5.04. The molecule has 2 aliphatic carbocycles. The van der Waals surface area contributed by atoms with Crippen LogP contribution in [0.2, 0.25) is 0 Å². The molecule has 2 aliphatic rings. The molecule has 0 aromatic carbocycles. The van der Waals surface area contributed by atoms with E-state index in [4.69, 9.17) is 5.10 Å². The largest absolute Gasteiger partial charge is 0.313 e. The summed E-state index contributed by atoms with van der Waals surface area (Å²) in [5, 5.41) is 8.45. The number of nitrogens with zero attached hydrogens (tertiary/aromatic N) is 2. The molecule has 3 heteroatoms. The molecule has 3 rings (SSSR count). The Labute approximate surface area is 116 Å². The van der Waals surface area contributed by atoms with Gasteiger partial charge in [0.2, 0.25) is 0 Å². The Bertz CT molecular complexity index is 411. The summed E-state index contributed by atoms with van der Waals surface area (Å²) < 4.78 is 2.22. The molecule has 1 aromatic rings. The van der Waals surface area contributed by atoms with E-state index in [2.05, 4.69) is 36.1 Å². The van der Waals surface area contributed by atoms with Crippen LogP contribution >= 0.6 is 0 Å². The van der Waals surface area contributed by atoms with E-state index in [1.54, 1.807) is 0 Å². The van der Waals surface area contributed by atoms with Gasteiger partial charge in [-0.25, -0.2) is 0 Å². The molecule has 0 radical (unpaired) electrons. The number of rotatable bonds is 6.